The molecule has 0 bridgehead atoms. The van der Waals surface area contributed by atoms with Crippen LogP contribution in [0.15, 0.2) is 41.0 Å². The van der Waals surface area contributed by atoms with Crippen molar-refractivity contribution in [2.24, 2.45) is 10.4 Å². The van der Waals surface area contributed by atoms with E-state index in [0.29, 0.717) is 12.1 Å². The number of amides is 1. The minimum absolute atomic E-state index is 0.0576. The van der Waals surface area contributed by atoms with Crippen molar-refractivity contribution >= 4 is 18.0 Å². The van der Waals surface area contributed by atoms with Gasteiger partial charge in [-0.05, 0) is 30.7 Å². The minimum Gasteiger partial charge on any atom is -0.343 e. The first-order chi connectivity index (χ1) is 12.3. The summed E-state index contributed by atoms with van der Waals surface area (Å²) in [5, 5.41) is 5.72. The summed E-state index contributed by atoms with van der Waals surface area (Å²) in [6, 6.07) is 5.65. The monoisotopic (exact) mass is 363 g/mol. The lowest BCUT2D eigenvalue weighted by Crippen LogP contribution is -2.39. The first-order valence-corrected chi connectivity index (χ1v) is 8.35. The number of aldehydes is 1. The van der Waals surface area contributed by atoms with Gasteiger partial charge in [0.1, 0.15) is 12.0 Å². The molecule has 1 aromatic carbocycles. The van der Waals surface area contributed by atoms with E-state index in [1.807, 2.05) is 6.92 Å². The highest BCUT2D eigenvalue weighted by Gasteiger charge is 2.46. The largest absolute Gasteiger partial charge is 0.343 e. The molecule has 140 valence electrons. The normalized spacial score (nSPS) is 17.6. The SMILES string of the molecule is CN=C(C)N/C(=C\C=O)C(=O)N[C@@H](c1ccc(C(F)F)cc1)C1(C)CC1. The molecule has 1 aliphatic rings. The van der Waals surface area contributed by atoms with Gasteiger partial charge in [-0.2, -0.15) is 0 Å². The van der Waals surface area contributed by atoms with Crippen molar-refractivity contribution in [3.8, 4) is 0 Å². The Bertz CT molecular complexity index is 723. The van der Waals surface area contributed by atoms with Crippen LogP contribution in [0.5, 0.6) is 0 Å². The Morgan fingerprint density at radius 1 is 1.23 bits per heavy atom. The van der Waals surface area contributed by atoms with Crippen molar-refractivity contribution in [1.82, 2.24) is 10.6 Å². The third-order valence-electron chi connectivity index (χ3n) is 4.66. The van der Waals surface area contributed by atoms with Gasteiger partial charge in [-0.25, -0.2) is 8.78 Å². The first-order valence-electron chi connectivity index (χ1n) is 8.35. The molecule has 1 fully saturated rings. The number of benzene rings is 1. The van der Waals surface area contributed by atoms with Crippen LogP contribution >= 0.6 is 0 Å². The molecule has 0 heterocycles. The molecule has 0 saturated heterocycles. The van der Waals surface area contributed by atoms with E-state index in [0.717, 1.165) is 24.5 Å². The van der Waals surface area contributed by atoms with Gasteiger partial charge in [0.15, 0.2) is 0 Å². The standard InChI is InChI=1S/C19H23F2N3O2/c1-12(22-3)23-15(8-11-25)18(26)24-16(19(2)9-10-19)13-4-6-14(7-5-13)17(20)21/h4-8,11,16-17H,9-10H2,1-3H3,(H,22,23)(H,24,26)/b15-8-/t16-/m0/s1. The molecule has 1 aliphatic carbocycles. The highest BCUT2D eigenvalue weighted by atomic mass is 19.3. The summed E-state index contributed by atoms with van der Waals surface area (Å²) in [4.78, 5) is 27.4. The van der Waals surface area contributed by atoms with Gasteiger partial charge in [0.2, 0.25) is 0 Å². The van der Waals surface area contributed by atoms with Crippen LogP contribution in [0.2, 0.25) is 0 Å². The maximum Gasteiger partial charge on any atom is 0.268 e. The summed E-state index contributed by atoms with van der Waals surface area (Å²) < 4.78 is 25.5. The van der Waals surface area contributed by atoms with Crippen LogP contribution in [-0.2, 0) is 9.59 Å². The maximum atomic E-state index is 12.8. The van der Waals surface area contributed by atoms with E-state index in [-0.39, 0.29) is 22.7 Å². The quantitative estimate of drug-likeness (QED) is 0.338. The van der Waals surface area contributed by atoms with Crippen LogP contribution in [0.1, 0.15) is 50.3 Å². The van der Waals surface area contributed by atoms with Crippen LogP contribution in [0, 0.1) is 5.41 Å². The van der Waals surface area contributed by atoms with E-state index in [1.54, 1.807) is 26.1 Å². The number of alkyl halides is 2. The van der Waals surface area contributed by atoms with Gasteiger partial charge in [-0.3, -0.25) is 14.6 Å². The summed E-state index contributed by atoms with van der Waals surface area (Å²) in [6.45, 7) is 3.71. The molecule has 5 nitrogen and oxygen atoms in total. The number of hydrogen-bond donors (Lipinski definition) is 2. The molecule has 26 heavy (non-hydrogen) atoms. The second-order valence-corrected chi connectivity index (χ2v) is 6.68. The fourth-order valence-electron chi connectivity index (χ4n) is 2.68. The van der Waals surface area contributed by atoms with E-state index < -0.39 is 12.3 Å². The number of carbonyl (C=O) groups is 2. The summed E-state index contributed by atoms with van der Waals surface area (Å²) in [5.41, 5.74) is 0.649. The predicted octanol–water partition coefficient (Wildman–Crippen LogP) is 3.30. The Morgan fingerprint density at radius 2 is 1.81 bits per heavy atom. The van der Waals surface area contributed by atoms with E-state index >= 15 is 0 Å². The van der Waals surface area contributed by atoms with Gasteiger partial charge in [0.25, 0.3) is 12.3 Å². The number of nitrogens with one attached hydrogen (secondary N) is 2. The Hall–Kier alpha value is -2.57. The maximum absolute atomic E-state index is 12.8. The molecule has 2 N–H and O–H groups in total. The van der Waals surface area contributed by atoms with Crippen molar-refractivity contribution in [3.63, 3.8) is 0 Å². The zero-order valence-electron chi connectivity index (χ0n) is 15.1. The van der Waals surface area contributed by atoms with Gasteiger partial charge < -0.3 is 10.6 Å². The molecule has 0 aromatic heterocycles. The number of allylic oxidation sites excluding steroid dienone is 1. The van der Waals surface area contributed by atoms with Crippen molar-refractivity contribution < 1.29 is 18.4 Å². The topological polar surface area (TPSA) is 70.6 Å². The molecule has 1 saturated carbocycles. The number of halogens is 2. The van der Waals surface area contributed by atoms with E-state index in [4.69, 9.17) is 0 Å². The predicted molar refractivity (Wildman–Crippen MR) is 95.9 cm³/mol. The zero-order chi connectivity index (χ0) is 19.3. The number of rotatable bonds is 7. The summed E-state index contributed by atoms with van der Waals surface area (Å²) >= 11 is 0. The van der Waals surface area contributed by atoms with E-state index in [1.165, 1.54) is 12.1 Å². The van der Waals surface area contributed by atoms with Crippen LogP contribution in [0.3, 0.4) is 0 Å². The second kappa shape index (κ2) is 8.21. The molecular weight excluding hydrogens is 340 g/mol. The van der Waals surface area contributed by atoms with E-state index in [9.17, 15) is 18.4 Å². The molecule has 0 unspecified atom stereocenters. The Morgan fingerprint density at radius 3 is 2.27 bits per heavy atom. The van der Waals surface area contributed by atoms with Crippen molar-refractivity contribution in [1.29, 1.82) is 0 Å². The summed E-state index contributed by atoms with van der Waals surface area (Å²) in [7, 11) is 1.57. The lowest BCUT2D eigenvalue weighted by Gasteiger charge is -2.26. The smallest absolute Gasteiger partial charge is 0.268 e. The van der Waals surface area contributed by atoms with Crippen LogP contribution in [0.25, 0.3) is 0 Å². The third kappa shape index (κ3) is 4.74. The molecule has 7 heteroatoms. The molecular formula is C19H23F2N3O2. The molecule has 0 spiro atoms. The average Bonchev–Trinajstić information content (AvgIpc) is 3.37. The Kier molecular flexibility index (Phi) is 6.23. The van der Waals surface area contributed by atoms with Crippen molar-refractivity contribution in [2.45, 2.75) is 39.2 Å². The van der Waals surface area contributed by atoms with Crippen LogP contribution < -0.4 is 10.6 Å². The highest BCUT2D eigenvalue weighted by molar-refractivity contribution is 6.00. The number of nitrogens with zero attached hydrogens (tertiary/aromatic N) is 1. The Labute approximate surface area is 151 Å². The van der Waals surface area contributed by atoms with Crippen LogP contribution in [-0.4, -0.2) is 25.1 Å². The fourth-order valence-corrected chi connectivity index (χ4v) is 2.68. The minimum atomic E-state index is -2.53. The van der Waals surface area contributed by atoms with Crippen molar-refractivity contribution in [2.75, 3.05) is 7.05 Å². The average molecular weight is 363 g/mol. The molecule has 1 atom stereocenters. The van der Waals surface area contributed by atoms with Gasteiger partial charge >= 0.3 is 0 Å². The fraction of sp³-hybridized carbons (Fsp3) is 0.421. The second-order valence-electron chi connectivity index (χ2n) is 6.68. The van der Waals surface area contributed by atoms with Gasteiger partial charge in [-0.1, -0.05) is 31.2 Å². The van der Waals surface area contributed by atoms with Gasteiger partial charge in [0.05, 0.1) is 11.9 Å². The number of carbonyl (C=O) groups excluding carboxylic acids is 2. The lowest BCUT2D eigenvalue weighted by molar-refractivity contribution is -0.119. The van der Waals surface area contributed by atoms with Crippen molar-refractivity contribution in [3.05, 3.63) is 47.2 Å². The Balaban J connectivity index is 2.24. The summed E-state index contributed by atoms with van der Waals surface area (Å²) in [5.74, 6) is 0.0416. The molecule has 2 rings (SSSR count). The zero-order valence-corrected chi connectivity index (χ0v) is 15.1. The lowest BCUT2D eigenvalue weighted by atomic mass is 9.91. The number of hydrogen-bond acceptors (Lipinski definition) is 3. The third-order valence-corrected chi connectivity index (χ3v) is 4.66. The first kappa shape index (κ1) is 19.8. The molecule has 1 aromatic rings. The summed E-state index contributed by atoms with van der Waals surface area (Å²) in [6.07, 6.45) is 0.969. The number of aliphatic imine (C=N–C) groups is 1. The molecule has 0 aliphatic heterocycles. The van der Waals surface area contributed by atoms with Gasteiger partial charge in [-0.15, -0.1) is 0 Å². The molecule has 0 radical (unpaired) electrons. The van der Waals surface area contributed by atoms with Gasteiger partial charge in [0, 0.05) is 18.7 Å². The number of amidine groups is 1. The van der Waals surface area contributed by atoms with E-state index in [2.05, 4.69) is 15.6 Å². The highest BCUT2D eigenvalue weighted by Crippen LogP contribution is 2.54. The molecule has 1 amide bonds. The van der Waals surface area contributed by atoms with Crippen LogP contribution in [0.4, 0.5) is 8.78 Å².